The molecule has 17 heavy (non-hydrogen) atoms. The first-order chi connectivity index (χ1) is 7.95. The first kappa shape index (κ1) is 13.6. The van der Waals surface area contributed by atoms with E-state index in [1.807, 2.05) is 0 Å². The molecule has 0 bridgehead atoms. The van der Waals surface area contributed by atoms with E-state index >= 15 is 0 Å². The number of alkyl halides is 3. The van der Waals surface area contributed by atoms with E-state index in [-0.39, 0.29) is 0 Å². The summed E-state index contributed by atoms with van der Waals surface area (Å²) in [5.74, 6) is -2.33. The molecule has 1 aromatic rings. The number of rotatable bonds is 3. The zero-order chi connectivity index (χ0) is 12.9. The summed E-state index contributed by atoms with van der Waals surface area (Å²) in [5.41, 5.74) is 8.24. The van der Waals surface area contributed by atoms with Gasteiger partial charge in [0.2, 0.25) is 0 Å². The first-order valence-corrected chi connectivity index (χ1v) is 6.97. The fourth-order valence-corrected chi connectivity index (χ4v) is 3.19. The van der Waals surface area contributed by atoms with E-state index in [1.54, 1.807) is 18.2 Å². The summed E-state index contributed by atoms with van der Waals surface area (Å²) in [6, 6.07) is 7.63. The number of hydrogen-bond acceptors (Lipinski definition) is 3. The molecule has 0 aliphatic rings. The molecule has 0 atom stereocenters. The summed E-state index contributed by atoms with van der Waals surface area (Å²) < 4.78 is 43.6. The van der Waals surface area contributed by atoms with Gasteiger partial charge < -0.3 is 0 Å². The van der Waals surface area contributed by atoms with Crippen LogP contribution >= 0.6 is 20.5 Å². The molecule has 0 saturated heterocycles. The molecule has 0 aromatic heterocycles. The summed E-state index contributed by atoms with van der Waals surface area (Å²) in [4.78, 5) is 13.0. The number of azide groups is 1. The van der Waals surface area contributed by atoms with E-state index in [0.717, 1.165) is 0 Å². The molecule has 0 unspecified atom stereocenters. The van der Waals surface area contributed by atoms with Gasteiger partial charge in [0.1, 0.15) is 0 Å². The van der Waals surface area contributed by atoms with E-state index in [0.29, 0.717) is 3.57 Å². The Labute approximate surface area is 101 Å². The molecule has 1 rings (SSSR count). The molecule has 92 valence electrons. The van der Waals surface area contributed by atoms with Crippen LogP contribution in [0.25, 0.3) is 10.4 Å². The quantitative estimate of drug-likeness (QED) is 0.358. The van der Waals surface area contributed by atoms with E-state index in [4.69, 9.17) is 5.53 Å². The molecule has 0 radical (unpaired) electrons. The Hall–Kier alpha value is -1.48. The zero-order valence-corrected chi connectivity index (χ0v) is 10.2. The Morgan fingerprint density at radius 2 is 1.94 bits per heavy atom. The van der Waals surface area contributed by atoms with Crippen molar-refractivity contribution in [1.29, 1.82) is 0 Å². The van der Waals surface area contributed by atoms with Crippen LogP contribution in [0.3, 0.4) is 0 Å². The Balaban J connectivity index is 2.89. The predicted molar refractivity (Wildman–Crippen MR) is 60.5 cm³/mol. The molecule has 0 spiro atoms. The number of nitrogens with zero attached hydrogens (tertiary/aromatic N) is 3. The van der Waals surface area contributed by atoms with Gasteiger partial charge in [-0.05, 0) is 0 Å². The van der Waals surface area contributed by atoms with Crippen LogP contribution in [-0.4, -0.2) is 12.1 Å². The summed E-state index contributed by atoms with van der Waals surface area (Å²) in [7, 11) is 0. The third kappa shape index (κ3) is 4.11. The van der Waals surface area contributed by atoms with Gasteiger partial charge >= 0.3 is 101 Å². The Kier molecular flexibility index (Phi) is 4.58. The van der Waals surface area contributed by atoms with Gasteiger partial charge in [-0.2, -0.15) is 0 Å². The minimum atomic E-state index is -5.09. The van der Waals surface area contributed by atoms with Crippen molar-refractivity contribution in [2.75, 3.05) is 0 Å². The first-order valence-electron chi connectivity index (χ1n) is 4.05. The van der Waals surface area contributed by atoms with Gasteiger partial charge in [-0.15, -0.1) is 0 Å². The predicted octanol–water partition coefficient (Wildman–Crippen LogP) is 3.61. The molecule has 0 fully saturated rings. The van der Waals surface area contributed by atoms with Crippen LogP contribution in [0, 0.1) is 3.57 Å². The fraction of sp³-hybridized carbons (Fsp3) is 0.125. The monoisotopic (exact) mass is 359 g/mol. The Bertz CT molecular complexity index is 445. The van der Waals surface area contributed by atoms with Crippen molar-refractivity contribution in [2.45, 2.75) is 6.18 Å². The molecule has 0 aliphatic heterocycles. The SMILES string of the molecule is [N-]=[N+]=NI(OC(=O)C(F)(F)F)c1ccccc1. The second-order valence-corrected chi connectivity index (χ2v) is 5.99. The van der Waals surface area contributed by atoms with E-state index in [9.17, 15) is 18.0 Å². The second kappa shape index (κ2) is 5.73. The van der Waals surface area contributed by atoms with Crippen molar-refractivity contribution in [3.05, 3.63) is 44.3 Å². The fourth-order valence-electron chi connectivity index (χ4n) is 0.767. The maximum absolute atomic E-state index is 12.0. The van der Waals surface area contributed by atoms with Crippen molar-refractivity contribution < 1.29 is 21.0 Å². The standard InChI is InChI=1S/C8H5F3IN3O2/c9-8(10,11)7(16)17-12(14-15-13)6-4-2-1-3-5-6/h1-5H. The van der Waals surface area contributed by atoms with Gasteiger partial charge in [0.05, 0.1) is 0 Å². The molecular weight excluding hydrogens is 354 g/mol. The van der Waals surface area contributed by atoms with Crippen molar-refractivity contribution in [1.82, 2.24) is 0 Å². The van der Waals surface area contributed by atoms with Crippen LogP contribution in [-0.2, 0) is 7.86 Å². The maximum atomic E-state index is 12.0. The van der Waals surface area contributed by atoms with Gasteiger partial charge in [0.25, 0.3) is 0 Å². The van der Waals surface area contributed by atoms with Crippen molar-refractivity contribution >= 4 is 26.5 Å². The van der Waals surface area contributed by atoms with E-state index in [1.165, 1.54) is 12.1 Å². The van der Waals surface area contributed by atoms with Crippen molar-refractivity contribution in [3.63, 3.8) is 0 Å². The molecule has 0 aliphatic carbocycles. The van der Waals surface area contributed by atoms with Crippen molar-refractivity contribution in [3.8, 4) is 0 Å². The zero-order valence-electron chi connectivity index (χ0n) is 8.06. The second-order valence-electron chi connectivity index (χ2n) is 2.55. The van der Waals surface area contributed by atoms with E-state index in [2.05, 4.69) is 11.3 Å². The molecule has 0 heterocycles. The minimum absolute atomic E-state index is 0.312. The van der Waals surface area contributed by atoms with Crippen LogP contribution in [0.15, 0.2) is 33.7 Å². The van der Waals surface area contributed by atoms with Gasteiger partial charge in [-0.1, -0.05) is 0 Å². The topological polar surface area (TPSA) is 75.1 Å². The average molecular weight is 359 g/mol. The van der Waals surface area contributed by atoms with Crippen LogP contribution in [0.5, 0.6) is 0 Å². The van der Waals surface area contributed by atoms with Crippen LogP contribution in [0.2, 0.25) is 0 Å². The number of hydrogen-bond donors (Lipinski definition) is 0. The van der Waals surface area contributed by atoms with Crippen molar-refractivity contribution in [2.24, 2.45) is 3.33 Å². The summed E-state index contributed by atoms with van der Waals surface area (Å²) in [5, 5.41) is 0. The normalized spacial score (nSPS) is 11.4. The molecule has 9 heteroatoms. The third-order valence-corrected chi connectivity index (χ3v) is 4.58. The average Bonchev–Trinajstić information content (AvgIpc) is 2.28. The molecule has 1 aromatic carbocycles. The van der Waals surface area contributed by atoms with Gasteiger partial charge in [-0.3, -0.25) is 0 Å². The number of carbonyl (C=O) groups excluding carboxylic acids is 1. The van der Waals surface area contributed by atoms with Gasteiger partial charge in [-0.25, -0.2) is 0 Å². The molecular formula is C8H5F3IN3O2. The summed E-state index contributed by atoms with van der Waals surface area (Å²) in [6.45, 7) is 0. The molecule has 0 saturated carbocycles. The molecule has 0 amide bonds. The molecule has 0 N–H and O–H groups in total. The Morgan fingerprint density at radius 3 is 2.41 bits per heavy atom. The van der Waals surface area contributed by atoms with Gasteiger partial charge in [0, 0.05) is 0 Å². The number of carbonyl (C=O) groups is 1. The Morgan fingerprint density at radius 1 is 1.35 bits per heavy atom. The summed E-state index contributed by atoms with van der Waals surface area (Å²) >= 11 is -3.30. The van der Waals surface area contributed by atoms with Crippen LogP contribution in [0.4, 0.5) is 13.2 Å². The number of benzene rings is 1. The summed E-state index contributed by atoms with van der Waals surface area (Å²) in [6.07, 6.45) is -5.09. The van der Waals surface area contributed by atoms with Crippen LogP contribution in [0.1, 0.15) is 0 Å². The van der Waals surface area contributed by atoms with Crippen LogP contribution < -0.4 is 0 Å². The number of halogens is 4. The molecule has 5 nitrogen and oxygen atoms in total. The van der Waals surface area contributed by atoms with Gasteiger partial charge in [0.15, 0.2) is 0 Å². The third-order valence-electron chi connectivity index (χ3n) is 1.40. The van der Waals surface area contributed by atoms with E-state index < -0.39 is 32.7 Å².